The molecule has 0 aromatic heterocycles. The van der Waals surface area contributed by atoms with Crippen LogP contribution in [0.2, 0.25) is 0 Å². The number of hydrogen-bond acceptors (Lipinski definition) is 1. The van der Waals surface area contributed by atoms with Crippen molar-refractivity contribution in [1.82, 2.24) is 0 Å². The molecule has 18 heavy (non-hydrogen) atoms. The molecular weight excluding hydrogens is 234 g/mol. The second kappa shape index (κ2) is 5.17. The molecule has 1 aliphatic rings. The molecule has 1 saturated carbocycles. The zero-order valence-electron chi connectivity index (χ0n) is 10.6. The zero-order valence-corrected chi connectivity index (χ0v) is 10.6. The van der Waals surface area contributed by atoms with E-state index in [4.69, 9.17) is 0 Å². The van der Waals surface area contributed by atoms with E-state index in [0.29, 0.717) is 5.56 Å². The number of hydrogen-bond donors (Lipinski definition) is 0. The highest BCUT2D eigenvalue weighted by Gasteiger charge is 2.38. The van der Waals surface area contributed by atoms with E-state index in [0.717, 1.165) is 38.2 Å². The molecular formula is C15H18F2O. The Kier molecular flexibility index (Phi) is 3.79. The average molecular weight is 252 g/mol. The lowest BCUT2D eigenvalue weighted by Crippen LogP contribution is -2.28. The summed E-state index contributed by atoms with van der Waals surface area (Å²) in [5, 5.41) is 0. The van der Waals surface area contributed by atoms with Gasteiger partial charge in [0.1, 0.15) is 17.4 Å². The van der Waals surface area contributed by atoms with Crippen molar-refractivity contribution in [2.45, 2.75) is 45.4 Å². The Bertz CT molecular complexity index is 428. The molecule has 0 aliphatic heterocycles. The van der Waals surface area contributed by atoms with Crippen LogP contribution in [0.4, 0.5) is 8.78 Å². The molecule has 1 aromatic rings. The van der Waals surface area contributed by atoms with Gasteiger partial charge in [-0.05, 0) is 37.0 Å². The molecule has 0 N–H and O–H groups in total. The molecule has 3 heteroatoms. The smallest absolute Gasteiger partial charge is 0.143 e. The lowest BCUT2D eigenvalue weighted by atomic mass is 9.77. The third kappa shape index (κ3) is 2.60. The summed E-state index contributed by atoms with van der Waals surface area (Å²) in [6.07, 6.45) is 4.96. The van der Waals surface area contributed by atoms with Crippen LogP contribution in [0, 0.1) is 17.0 Å². The number of rotatable bonds is 4. The van der Waals surface area contributed by atoms with E-state index in [9.17, 15) is 13.6 Å². The van der Waals surface area contributed by atoms with E-state index in [1.807, 2.05) is 6.92 Å². The fourth-order valence-electron chi connectivity index (χ4n) is 2.97. The van der Waals surface area contributed by atoms with Gasteiger partial charge in [0.2, 0.25) is 0 Å². The van der Waals surface area contributed by atoms with E-state index >= 15 is 0 Å². The molecule has 2 rings (SSSR count). The van der Waals surface area contributed by atoms with E-state index in [-0.39, 0.29) is 17.6 Å². The highest BCUT2D eigenvalue weighted by molar-refractivity contribution is 5.87. The Morgan fingerprint density at radius 1 is 1.17 bits per heavy atom. The summed E-state index contributed by atoms with van der Waals surface area (Å²) in [6.45, 7) is 2.02. The van der Waals surface area contributed by atoms with Gasteiger partial charge in [0.05, 0.1) is 0 Å². The first-order valence-corrected chi connectivity index (χ1v) is 6.54. The number of Topliss-reactive ketones (excluding diaryl/α,β-unsaturated/α-hetero) is 1. The van der Waals surface area contributed by atoms with Crippen molar-refractivity contribution in [2.24, 2.45) is 5.41 Å². The van der Waals surface area contributed by atoms with Crippen molar-refractivity contribution in [1.29, 1.82) is 0 Å². The van der Waals surface area contributed by atoms with Gasteiger partial charge in [-0.25, -0.2) is 8.78 Å². The van der Waals surface area contributed by atoms with E-state index in [2.05, 4.69) is 0 Å². The first kappa shape index (κ1) is 13.2. The van der Waals surface area contributed by atoms with E-state index < -0.39 is 11.6 Å². The minimum Gasteiger partial charge on any atom is -0.299 e. The summed E-state index contributed by atoms with van der Waals surface area (Å²) >= 11 is 0. The maximum absolute atomic E-state index is 13.1. The predicted octanol–water partition coefficient (Wildman–Crippen LogP) is 4.05. The van der Waals surface area contributed by atoms with Crippen LogP contribution in [-0.2, 0) is 11.2 Å². The van der Waals surface area contributed by atoms with E-state index in [1.54, 1.807) is 0 Å². The van der Waals surface area contributed by atoms with Gasteiger partial charge in [-0.2, -0.15) is 0 Å². The maximum atomic E-state index is 13.1. The molecule has 1 nitrogen and oxygen atoms in total. The molecule has 0 amide bonds. The van der Waals surface area contributed by atoms with Crippen molar-refractivity contribution in [2.75, 3.05) is 0 Å². The van der Waals surface area contributed by atoms with Crippen molar-refractivity contribution >= 4 is 5.78 Å². The lowest BCUT2D eigenvalue weighted by molar-refractivity contribution is -0.128. The van der Waals surface area contributed by atoms with Crippen LogP contribution >= 0.6 is 0 Å². The van der Waals surface area contributed by atoms with Gasteiger partial charge in [-0.3, -0.25) is 4.79 Å². The molecule has 1 aliphatic carbocycles. The number of benzene rings is 1. The van der Waals surface area contributed by atoms with Crippen LogP contribution in [0.1, 0.15) is 44.6 Å². The molecule has 0 heterocycles. The molecule has 0 saturated heterocycles. The second-order valence-electron chi connectivity index (χ2n) is 5.22. The van der Waals surface area contributed by atoms with E-state index in [1.165, 1.54) is 12.1 Å². The van der Waals surface area contributed by atoms with Gasteiger partial charge in [0, 0.05) is 17.9 Å². The lowest BCUT2D eigenvalue weighted by Gasteiger charge is -2.25. The minimum absolute atomic E-state index is 0.132. The van der Waals surface area contributed by atoms with Crippen molar-refractivity contribution < 1.29 is 13.6 Å². The van der Waals surface area contributed by atoms with Gasteiger partial charge in [-0.1, -0.05) is 19.8 Å². The zero-order chi connectivity index (χ0) is 13.2. The van der Waals surface area contributed by atoms with Gasteiger partial charge in [-0.15, -0.1) is 0 Å². The number of halogens is 2. The molecule has 1 aromatic carbocycles. The van der Waals surface area contributed by atoms with Crippen LogP contribution in [0.15, 0.2) is 18.2 Å². The maximum Gasteiger partial charge on any atom is 0.143 e. The minimum atomic E-state index is -0.616. The molecule has 0 bridgehead atoms. The Hall–Kier alpha value is -1.25. The molecule has 0 atom stereocenters. The van der Waals surface area contributed by atoms with Gasteiger partial charge < -0.3 is 0 Å². The highest BCUT2D eigenvalue weighted by Crippen LogP contribution is 2.42. The topological polar surface area (TPSA) is 17.1 Å². The molecule has 0 spiro atoms. The fraction of sp³-hybridized carbons (Fsp3) is 0.533. The third-order valence-corrected chi connectivity index (χ3v) is 4.12. The van der Waals surface area contributed by atoms with Crippen LogP contribution < -0.4 is 0 Å². The van der Waals surface area contributed by atoms with Gasteiger partial charge >= 0.3 is 0 Å². The first-order chi connectivity index (χ1) is 8.55. The molecule has 1 fully saturated rings. The van der Waals surface area contributed by atoms with Crippen molar-refractivity contribution in [3.05, 3.63) is 35.4 Å². The summed E-state index contributed by atoms with van der Waals surface area (Å²) < 4.78 is 26.2. The van der Waals surface area contributed by atoms with Crippen LogP contribution in [0.3, 0.4) is 0 Å². The standard InChI is InChI=1S/C15H18F2O/c1-2-15(5-3-4-6-15)14(18)9-11-7-12(16)10-13(17)8-11/h7-8,10H,2-6,9H2,1H3. The predicted molar refractivity (Wildman–Crippen MR) is 66.3 cm³/mol. The van der Waals surface area contributed by atoms with Crippen molar-refractivity contribution in [3.63, 3.8) is 0 Å². The monoisotopic (exact) mass is 252 g/mol. The Balaban J connectivity index is 2.15. The Morgan fingerprint density at radius 2 is 1.72 bits per heavy atom. The molecule has 98 valence electrons. The average Bonchev–Trinajstić information content (AvgIpc) is 2.77. The summed E-state index contributed by atoms with van der Waals surface area (Å²) in [7, 11) is 0. The summed E-state index contributed by atoms with van der Waals surface area (Å²) in [5.41, 5.74) is 0.195. The molecule has 0 unspecified atom stereocenters. The SMILES string of the molecule is CCC1(C(=O)Cc2cc(F)cc(F)c2)CCCC1. The van der Waals surface area contributed by atoms with Crippen molar-refractivity contribution in [3.8, 4) is 0 Å². The highest BCUT2D eigenvalue weighted by atomic mass is 19.1. The van der Waals surface area contributed by atoms with Crippen LogP contribution in [-0.4, -0.2) is 5.78 Å². The van der Waals surface area contributed by atoms with Crippen LogP contribution in [0.25, 0.3) is 0 Å². The first-order valence-electron chi connectivity index (χ1n) is 6.54. The Labute approximate surface area is 106 Å². The van der Waals surface area contributed by atoms with Crippen LogP contribution in [0.5, 0.6) is 0 Å². The summed E-state index contributed by atoms with van der Waals surface area (Å²) in [5.74, 6) is -1.10. The molecule has 0 radical (unpaired) electrons. The van der Waals surface area contributed by atoms with Gasteiger partial charge in [0.25, 0.3) is 0 Å². The normalized spacial score (nSPS) is 17.9. The number of ketones is 1. The number of carbonyl (C=O) groups is 1. The quantitative estimate of drug-likeness (QED) is 0.790. The second-order valence-corrected chi connectivity index (χ2v) is 5.22. The summed E-state index contributed by atoms with van der Waals surface area (Å²) in [6, 6.07) is 3.33. The Morgan fingerprint density at radius 3 is 2.22 bits per heavy atom. The largest absolute Gasteiger partial charge is 0.299 e. The van der Waals surface area contributed by atoms with Gasteiger partial charge in [0.15, 0.2) is 0 Å². The third-order valence-electron chi connectivity index (χ3n) is 4.12. The summed E-state index contributed by atoms with van der Waals surface area (Å²) in [4.78, 5) is 12.3. The number of carbonyl (C=O) groups excluding carboxylic acids is 1. The fourth-order valence-corrected chi connectivity index (χ4v) is 2.97.